The van der Waals surface area contributed by atoms with E-state index in [1.54, 1.807) is 23.0 Å². The number of hydrogen-bond acceptors (Lipinski definition) is 3. The van der Waals surface area contributed by atoms with Crippen molar-refractivity contribution in [3.05, 3.63) is 53.1 Å². The van der Waals surface area contributed by atoms with Gasteiger partial charge in [0.15, 0.2) is 0 Å². The lowest BCUT2D eigenvalue weighted by atomic mass is 10.1. The van der Waals surface area contributed by atoms with Crippen LogP contribution < -0.4 is 5.32 Å². The Morgan fingerprint density at radius 3 is 2.94 bits per heavy atom. The van der Waals surface area contributed by atoms with Crippen LogP contribution in [0.5, 0.6) is 0 Å². The minimum atomic E-state index is -0.446. The molecule has 0 amide bonds. The van der Waals surface area contributed by atoms with Crippen LogP contribution in [0.4, 0.5) is 4.39 Å². The molecule has 0 fully saturated rings. The van der Waals surface area contributed by atoms with Crippen LogP contribution in [-0.2, 0) is 20.1 Å². The summed E-state index contributed by atoms with van der Waals surface area (Å²) in [4.78, 5) is 0. The highest BCUT2D eigenvalue weighted by atomic mass is 19.1. The standard InChI is InChI=1S/C13H13FN4/c1-18-9-10(7-17-18)6-16-8-12-4-2-3-11(5-15)13(12)14/h2-4,7,9,16H,6,8H2,1H3. The average Bonchev–Trinajstić information content (AvgIpc) is 2.77. The van der Waals surface area contributed by atoms with Crippen LogP contribution in [-0.4, -0.2) is 9.78 Å². The second-order valence-corrected chi connectivity index (χ2v) is 4.02. The minimum Gasteiger partial charge on any atom is -0.308 e. The molecular formula is C13H13FN4. The Labute approximate surface area is 105 Å². The van der Waals surface area contributed by atoms with Gasteiger partial charge in [-0.25, -0.2) is 4.39 Å². The van der Waals surface area contributed by atoms with E-state index in [2.05, 4.69) is 10.4 Å². The van der Waals surface area contributed by atoms with Crippen molar-refractivity contribution in [3.8, 4) is 6.07 Å². The highest BCUT2D eigenvalue weighted by molar-refractivity contribution is 5.34. The van der Waals surface area contributed by atoms with Crippen LogP contribution in [0.2, 0.25) is 0 Å². The smallest absolute Gasteiger partial charge is 0.145 e. The highest BCUT2D eigenvalue weighted by Crippen LogP contribution is 2.11. The Balaban J connectivity index is 1.97. The number of aromatic nitrogens is 2. The molecule has 1 aromatic heterocycles. The zero-order chi connectivity index (χ0) is 13.0. The summed E-state index contributed by atoms with van der Waals surface area (Å²) in [5.41, 5.74) is 1.61. The van der Waals surface area contributed by atoms with Gasteiger partial charge in [0.05, 0.1) is 11.8 Å². The van der Waals surface area contributed by atoms with E-state index in [9.17, 15) is 4.39 Å². The zero-order valence-corrected chi connectivity index (χ0v) is 10.0. The number of hydrogen-bond donors (Lipinski definition) is 1. The molecule has 0 unspecified atom stereocenters. The van der Waals surface area contributed by atoms with Crippen molar-refractivity contribution in [2.75, 3.05) is 0 Å². The van der Waals surface area contributed by atoms with Crippen LogP contribution in [0.1, 0.15) is 16.7 Å². The first-order chi connectivity index (χ1) is 8.70. The molecule has 0 bridgehead atoms. The van der Waals surface area contributed by atoms with E-state index in [-0.39, 0.29) is 5.56 Å². The lowest BCUT2D eigenvalue weighted by Crippen LogP contribution is -2.13. The number of halogens is 1. The molecule has 0 aliphatic carbocycles. The fourth-order valence-electron chi connectivity index (χ4n) is 1.71. The second kappa shape index (κ2) is 5.43. The van der Waals surface area contributed by atoms with Crippen LogP contribution in [0.15, 0.2) is 30.6 Å². The topological polar surface area (TPSA) is 53.6 Å². The lowest BCUT2D eigenvalue weighted by Gasteiger charge is -2.05. The fraction of sp³-hybridized carbons (Fsp3) is 0.231. The molecular weight excluding hydrogens is 231 g/mol. The first kappa shape index (κ1) is 12.3. The van der Waals surface area contributed by atoms with Gasteiger partial charge >= 0.3 is 0 Å². The fourth-order valence-corrected chi connectivity index (χ4v) is 1.71. The Morgan fingerprint density at radius 2 is 2.28 bits per heavy atom. The van der Waals surface area contributed by atoms with E-state index in [4.69, 9.17) is 5.26 Å². The third-order valence-electron chi connectivity index (χ3n) is 2.60. The Morgan fingerprint density at radius 1 is 1.44 bits per heavy atom. The minimum absolute atomic E-state index is 0.0793. The third kappa shape index (κ3) is 2.73. The average molecular weight is 244 g/mol. The number of benzene rings is 1. The maximum atomic E-state index is 13.7. The van der Waals surface area contributed by atoms with E-state index >= 15 is 0 Å². The number of nitriles is 1. The molecule has 2 rings (SSSR count). The van der Waals surface area contributed by atoms with Gasteiger partial charge in [-0.15, -0.1) is 0 Å². The SMILES string of the molecule is Cn1cc(CNCc2cccc(C#N)c2F)cn1. The van der Waals surface area contributed by atoms with Gasteiger partial charge in [-0.05, 0) is 6.07 Å². The van der Waals surface area contributed by atoms with E-state index in [1.807, 2.05) is 19.3 Å². The molecule has 92 valence electrons. The van der Waals surface area contributed by atoms with E-state index in [0.29, 0.717) is 18.7 Å². The maximum absolute atomic E-state index is 13.7. The molecule has 18 heavy (non-hydrogen) atoms. The number of aryl methyl sites for hydroxylation is 1. The van der Waals surface area contributed by atoms with Gasteiger partial charge < -0.3 is 5.32 Å². The molecule has 0 spiro atoms. The Hall–Kier alpha value is -2.19. The van der Waals surface area contributed by atoms with Gasteiger partial charge in [-0.3, -0.25) is 4.68 Å². The van der Waals surface area contributed by atoms with Crippen LogP contribution >= 0.6 is 0 Å². The van der Waals surface area contributed by atoms with Crippen molar-refractivity contribution in [2.45, 2.75) is 13.1 Å². The van der Waals surface area contributed by atoms with Crippen molar-refractivity contribution < 1.29 is 4.39 Å². The predicted octanol–water partition coefficient (Wildman–Crippen LogP) is 1.72. The molecule has 5 heteroatoms. The van der Waals surface area contributed by atoms with Crippen molar-refractivity contribution in [3.63, 3.8) is 0 Å². The van der Waals surface area contributed by atoms with Gasteiger partial charge in [0.1, 0.15) is 11.9 Å². The summed E-state index contributed by atoms with van der Waals surface area (Å²) in [6.07, 6.45) is 3.66. The quantitative estimate of drug-likeness (QED) is 0.891. The molecule has 0 atom stereocenters. The summed E-state index contributed by atoms with van der Waals surface area (Å²) >= 11 is 0. The van der Waals surface area contributed by atoms with Crippen molar-refractivity contribution in [1.82, 2.24) is 15.1 Å². The molecule has 0 aliphatic heterocycles. The monoisotopic (exact) mass is 244 g/mol. The molecule has 0 saturated carbocycles. The summed E-state index contributed by atoms with van der Waals surface area (Å²) in [5, 5.41) is 15.9. The van der Waals surface area contributed by atoms with Crippen molar-refractivity contribution in [1.29, 1.82) is 5.26 Å². The predicted molar refractivity (Wildman–Crippen MR) is 64.9 cm³/mol. The van der Waals surface area contributed by atoms with Crippen LogP contribution in [0, 0.1) is 17.1 Å². The summed E-state index contributed by atoms with van der Waals surface area (Å²) in [7, 11) is 1.85. The maximum Gasteiger partial charge on any atom is 0.145 e. The van der Waals surface area contributed by atoms with E-state index < -0.39 is 5.82 Å². The summed E-state index contributed by atoms with van der Waals surface area (Å²) in [5.74, 6) is -0.446. The molecule has 0 radical (unpaired) electrons. The molecule has 1 N–H and O–H groups in total. The molecule has 0 saturated heterocycles. The number of rotatable bonds is 4. The zero-order valence-electron chi connectivity index (χ0n) is 10.0. The summed E-state index contributed by atoms with van der Waals surface area (Å²) in [6, 6.07) is 6.66. The molecule has 1 aromatic carbocycles. The molecule has 2 aromatic rings. The summed E-state index contributed by atoms with van der Waals surface area (Å²) < 4.78 is 15.4. The Kier molecular flexibility index (Phi) is 3.70. The first-order valence-electron chi connectivity index (χ1n) is 5.56. The molecule has 0 aliphatic rings. The van der Waals surface area contributed by atoms with Gasteiger partial charge in [0.2, 0.25) is 0 Å². The lowest BCUT2D eigenvalue weighted by molar-refractivity contribution is 0.585. The summed E-state index contributed by atoms with van der Waals surface area (Å²) in [6.45, 7) is 1.00. The van der Waals surface area contributed by atoms with Gasteiger partial charge in [-0.2, -0.15) is 10.4 Å². The molecule has 1 heterocycles. The van der Waals surface area contributed by atoms with E-state index in [1.165, 1.54) is 6.07 Å². The molecule has 4 nitrogen and oxygen atoms in total. The second-order valence-electron chi connectivity index (χ2n) is 4.02. The number of nitrogens with zero attached hydrogens (tertiary/aromatic N) is 3. The van der Waals surface area contributed by atoms with Crippen molar-refractivity contribution in [2.24, 2.45) is 7.05 Å². The normalized spacial score (nSPS) is 10.3. The highest BCUT2D eigenvalue weighted by Gasteiger charge is 2.06. The van der Waals surface area contributed by atoms with Gasteiger partial charge in [-0.1, -0.05) is 12.1 Å². The Bertz CT molecular complexity index is 583. The van der Waals surface area contributed by atoms with Gasteiger partial charge in [0, 0.05) is 37.5 Å². The third-order valence-corrected chi connectivity index (χ3v) is 2.60. The van der Waals surface area contributed by atoms with E-state index in [0.717, 1.165) is 5.56 Å². The largest absolute Gasteiger partial charge is 0.308 e. The number of nitrogens with one attached hydrogen (secondary N) is 1. The van der Waals surface area contributed by atoms with Crippen LogP contribution in [0.3, 0.4) is 0 Å². The van der Waals surface area contributed by atoms with Gasteiger partial charge in [0.25, 0.3) is 0 Å². The first-order valence-corrected chi connectivity index (χ1v) is 5.56. The van der Waals surface area contributed by atoms with Crippen LogP contribution in [0.25, 0.3) is 0 Å². The van der Waals surface area contributed by atoms with Crippen molar-refractivity contribution >= 4 is 0 Å².